The third-order valence-corrected chi connectivity index (χ3v) is 7.63. The maximum atomic E-state index is 12.6. The Morgan fingerprint density at radius 1 is 1.06 bits per heavy atom. The number of hydrogen-bond acceptors (Lipinski definition) is 5. The highest BCUT2D eigenvalue weighted by Crippen LogP contribution is 2.21. The van der Waals surface area contributed by atoms with E-state index in [9.17, 15) is 13.2 Å². The number of nitrogens with one attached hydrogen (secondary N) is 1. The molecule has 1 unspecified atom stereocenters. The summed E-state index contributed by atoms with van der Waals surface area (Å²) < 4.78 is 28.4. The summed E-state index contributed by atoms with van der Waals surface area (Å²) in [5.74, 6) is -0.0494. The van der Waals surface area contributed by atoms with Gasteiger partial charge in [0.25, 0.3) is 0 Å². The van der Waals surface area contributed by atoms with Crippen molar-refractivity contribution in [2.45, 2.75) is 43.5 Å². The van der Waals surface area contributed by atoms with Crippen LogP contribution in [0.3, 0.4) is 0 Å². The zero-order valence-corrected chi connectivity index (χ0v) is 18.8. The molecule has 9 heteroatoms. The molecule has 0 aliphatic carbocycles. The summed E-state index contributed by atoms with van der Waals surface area (Å²) in [5.41, 5.74) is 2.84. The van der Waals surface area contributed by atoms with Crippen molar-refractivity contribution >= 4 is 15.9 Å². The molecule has 0 spiro atoms. The molecule has 0 radical (unpaired) electrons. The van der Waals surface area contributed by atoms with Gasteiger partial charge in [-0.3, -0.25) is 4.79 Å². The highest BCUT2D eigenvalue weighted by molar-refractivity contribution is 7.89. The Morgan fingerprint density at radius 2 is 1.75 bits per heavy atom. The Labute approximate surface area is 188 Å². The number of benzene rings is 2. The van der Waals surface area contributed by atoms with Crippen molar-refractivity contribution in [1.82, 2.24) is 24.4 Å². The average Bonchev–Trinajstić information content (AvgIpc) is 3.53. The number of carbonyl (C=O) groups is 1. The monoisotopic (exact) mass is 453 g/mol. The van der Waals surface area contributed by atoms with Gasteiger partial charge in [0.15, 0.2) is 0 Å². The number of hydrogen-bond donors (Lipinski definition) is 1. The molecule has 1 amide bonds. The van der Waals surface area contributed by atoms with Gasteiger partial charge in [-0.2, -0.15) is 9.40 Å². The first-order chi connectivity index (χ1) is 15.4. The zero-order valence-electron chi connectivity index (χ0n) is 18.0. The van der Waals surface area contributed by atoms with Crippen molar-refractivity contribution < 1.29 is 13.2 Å². The number of aryl methyl sites for hydroxylation is 1. The molecule has 32 heavy (non-hydrogen) atoms. The van der Waals surface area contributed by atoms with E-state index >= 15 is 0 Å². The average molecular weight is 454 g/mol. The third kappa shape index (κ3) is 5.05. The van der Waals surface area contributed by atoms with Gasteiger partial charge in [0.05, 0.1) is 16.6 Å². The number of nitrogens with zero attached hydrogens (tertiary/aromatic N) is 4. The van der Waals surface area contributed by atoms with Crippen LogP contribution in [0, 0.1) is 0 Å². The number of sulfonamides is 1. The Kier molecular flexibility index (Phi) is 6.66. The summed E-state index contributed by atoms with van der Waals surface area (Å²) in [4.78, 5) is 16.7. The van der Waals surface area contributed by atoms with Crippen LogP contribution in [-0.4, -0.2) is 46.5 Å². The van der Waals surface area contributed by atoms with Gasteiger partial charge in [0, 0.05) is 19.5 Å². The first-order valence-corrected chi connectivity index (χ1v) is 12.2. The second kappa shape index (κ2) is 9.62. The van der Waals surface area contributed by atoms with Crippen molar-refractivity contribution in [3.05, 3.63) is 72.3 Å². The molecule has 8 nitrogen and oxygen atoms in total. The first kappa shape index (κ1) is 22.2. The lowest BCUT2D eigenvalue weighted by Gasteiger charge is -2.16. The van der Waals surface area contributed by atoms with Gasteiger partial charge < -0.3 is 5.32 Å². The normalized spacial score (nSPS) is 15.5. The van der Waals surface area contributed by atoms with E-state index in [2.05, 4.69) is 15.4 Å². The zero-order chi connectivity index (χ0) is 22.6. The quantitative estimate of drug-likeness (QED) is 0.566. The molecule has 1 atom stereocenters. The van der Waals surface area contributed by atoms with Crippen LogP contribution in [0.25, 0.3) is 5.69 Å². The minimum absolute atomic E-state index is 0.0494. The number of rotatable bonds is 8. The number of carbonyl (C=O) groups excluding carboxylic acids is 1. The van der Waals surface area contributed by atoms with E-state index in [0.29, 0.717) is 30.8 Å². The number of amides is 1. The number of aromatic nitrogens is 3. The summed E-state index contributed by atoms with van der Waals surface area (Å²) >= 11 is 0. The van der Waals surface area contributed by atoms with Crippen molar-refractivity contribution in [3.63, 3.8) is 0 Å². The van der Waals surface area contributed by atoms with Gasteiger partial charge in [0.2, 0.25) is 15.9 Å². The van der Waals surface area contributed by atoms with E-state index in [0.717, 1.165) is 29.7 Å². The van der Waals surface area contributed by atoms with E-state index < -0.39 is 10.0 Å². The smallest absolute Gasteiger partial charge is 0.243 e. The SMILES string of the molecule is CC(NC(=O)CCc1ccc(S(=O)(=O)N2CCCC2)cc1)c1ccc(-n2cncn2)cc1. The molecule has 3 aromatic rings. The standard InChI is InChI=1S/C23H27N5O3S/c1-18(20-7-9-21(10-8-20)28-17-24-16-25-28)26-23(29)13-6-19-4-11-22(12-5-19)32(30,31)27-14-2-3-15-27/h4-5,7-12,16-18H,2-3,6,13-15H2,1H3,(H,26,29). The fourth-order valence-electron chi connectivity index (χ4n) is 3.82. The molecule has 2 aromatic carbocycles. The van der Waals surface area contributed by atoms with Crippen LogP contribution in [0.2, 0.25) is 0 Å². The molecule has 1 saturated heterocycles. The Balaban J connectivity index is 1.29. The van der Waals surface area contributed by atoms with Gasteiger partial charge in [-0.25, -0.2) is 18.1 Å². The van der Waals surface area contributed by atoms with Crippen LogP contribution in [0.5, 0.6) is 0 Å². The molecule has 0 saturated carbocycles. The van der Waals surface area contributed by atoms with Gasteiger partial charge in [-0.1, -0.05) is 24.3 Å². The van der Waals surface area contributed by atoms with Crippen LogP contribution in [0.15, 0.2) is 66.1 Å². The van der Waals surface area contributed by atoms with Crippen LogP contribution >= 0.6 is 0 Å². The van der Waals surface area contributed by atoms with E-state index in [1.807, 2.05) is 31.2 Å². The predicted octanol–water partition coefficient (Wildman–Crippen LogP) is 2.86. The highest BCUT2D eigenvalue weighted by Gasteiger charge is 2.26. The highest BCUT2D eigenvalue weighted by atomic mass is 32.2. The van der Waals surface area contributed by atoms with Crippen LogP contribution in [-0.2, 0) is 21.2 Å². The summed E-state index contributed by atoms with van der Waals surface area (Å²) in [6, 6.07) is 14.5. The maximum absolute atomic E-state index is 12.6. The van der Waals surface area contributed by atoms with E-state index in [-0.39, 0.29) is 11.9 Å². The molecule has 4 rings (SSSR count). The summed E-state index contributed by atoms with van der Waals surface area (Å²) in [6.07, 6.45) is 5.83. The minimum atomic E-state index is -3.41. The summed E-state index contributed by atoms with van der Waals surface area (Å²) in [6.45, 7) is 3.12. The molecular weight excluding hydrogens is 426 g/mol. The second-order valence-corrected chi connectivity index (χ2v) is 9.91. The van der Waals surface area contributed by atoms with Crippen LogP contribution < -0.4 is 5.32 Å². The largest absolute Gasteiger partial charge is 0.350 e. The lowest BCUT2D eigenvalue weighted by molar-refractivity contribution is -0.121. The van der Waals surface area contributed by atoms with Crippen LogP contribution in [0.4, 0.5) is 0 Å². The van der Waals surface area contributed by atoms with Gasteiger partial charge in [0.1, 0.15) is 12.7 Å². The van der Waals surface area contributed by atoms with Crippen molar-refractivity contribution in [1.29, 1.82) is 0 Å². The fraction of sp³-hybridized carbons (Fsp3) is 0.348. The molecule has 168 valence electrons. The van der Waals surface area contributed by atoms with E-state index in [1.165, 1.54) is 10.6 Å². The summed E-state index contributed by atoms with van der Waals surface area (Å²) in [5, 5.41) is 7.12. The van der Waals surface area contributed by atoms with Crippen molar-refractivity contribution in [2.75, 3.05) is 13.1 Å². The lowest BCUT2D eigenvalue weighted by Crippen LogP contribution is -2.28. The van der Waals surface area contributed by atoms with Crippen LogP contribution in [0.1, 0.15) is 43.4 Å². The molecular formula is C23H27N5O3S. The third-order valence-electron chi connectivity index (χ3n) is 5.72. The lowest BCUT2D eigenvalue weighted by atomic mass is 10.1. The Morgan fingerprint density at radius 3 is 2.38 bits per heavy atom. The second-order valence-electron chi connectivity index (χ2n) is 7.98. The molecule has 0 bridgehead atoms. The Hall–Kier alpha value is -3.04. The van der Waals surface area contributed by atoms with Gasteiger partial charge in [-0.15, -0.1) is 0 Å². The predicted molar refractivity (Wildman–Crippen MR) is 121 cm³/mol. The Bertz CT molecular complexity index is 1140. The minimum Gasteiger partial charge on any atom is -0.350 e. The van der Waals surface area contributed by atoms with E-state index in [4.69, 9.17) is 0 Å². The molecule has 1 aromatic heterocycles. The van der Waals surface area contributed by atoms with Gasteiger partial charge >= 0.3 is 0 Å². The van der Waals surface area contributed by atoms with Crippen molar-refractivity contribution in [2.24, 2.45) is 0 Å². The fourth-order valence-corrected chi connectivity index (χ4v) is 5.33. The molecule has 1 aliphatic rings. The first-order valence-electron chi connectivity index (χ1n) is 10.8. The van der Waals surface area contributed by atoms with Gasteiger partial charge in [-0.05, 0) is 61.6 Å². The molecule has 1 fully saturated rings. The van der Waals surface area contributed by atoms with E-state index in [1.54, 1.807) is 35.3 Å². The topological polar surface area (TPSA) is 97.2 Å². The van der Waals surface area contributed by atoms with Crippen molar-refractivity contribution in [3.8, 4) is 5.69 Å². The maximum Gasteiger partial charge on any atom is 0.243 e. The molecule has 1 aliphatic heterocycles. The summed E-state index contributed by atoms with van der Waals surface area (Å²) in [7, 11) is -3.41. The molecule has 2 heterocycles. The molecule has 1 N–H and O–H groups in total.